The quantitative estimate of drug-likeness (QED) is 0.874. The molecule has 0 heterocycles. The van der Waals surface area contributed by atoms with Crippen molar-refractivity contribution in [2.75, 3.05) is 14.2 Å². The van der Waals surface area contributed by atoms with Crippen LogP contribution in [-0.4, -0.2) is 22.6 Å². The van der Waals surface area contributed by atoms with Gasteiger partial charge >= 0.3 is 0 Å². The molecule has 1 rings (SSSR count). The van der Waals surface area contributed by atoms with Crippen LogP contribution in [0.25, 0.3) is 0 Å². The summed E-state index contributed by atoms with van der Waals surface area (Å²) < 4.78 is 30.9. The summed E-state index contributed by atoms with van der Waals surface area (Å²) in [4.78, 5) is 0. The van der Waals surface area contributed by atoms with Crippen LogP contribution in [0.2, 0.25) is 0 Å². The van der Waals surface area contributed by atoms with E-state index in [4.69, 9.17) is 4.74 Å². The van der Waals surface area contributed by atoms with Crippen molar-refractivity contribution < 1.29 is 13.2 Å². The minimum atomic E-state index is -3.33. The van der Waals surface area contributed by atoms with Crippen LogP contribution in [0.4, 0.5) is 0 Å². The second-order valence-corrected chi connectivity index (χ2v) is 5.84. The Morgan fingerprint density at radius 1 is 1.38 bits per heavy atom. The molecule has 0 aliphatic carbocycles. The van der Waals surface area contributed by atoms with E-state index in [-0.39, 0.29) is 0 Å². The first-order chi connectivity index (χ1) is 7.42. The van der Waals surface area contributed by atoms with Crippen molar-refractivity contribution in [1.82, 2.24) is 4.72 Å². The number of hydrogen-bond donors (Lipinski definition) is 1. The summed E-state index contributed by atoms with van der Waals surface area (Å²) in [5.74, 6) is 0.594. The average Bonchev–Trinajstić information content (AvgIpc) is 2.28. The van der Waals surface area contributed by atoms with Gasteiger partial charge in [-0.25, -0.2) is 13.1 Å². The third kappa shape index (κ3) is 2.54. The van der Waals surface area contributed by atoms with Crippen molar-refractivity contribution in [1.29, 1.82) is 0 Å². The second-order valence-electron chi connectivity index (χ2n) is 3.64. The lowest BCUT2D eigenvalue weighted by Gasteiger charge is -2.16. The first-order valence-corrected chi connectivity index (χ1v) is 6.54. The molecule has 4 nitrogen and oxygen atoms in total. The zero-order chi connectivity index (χ0) is 12.3. The Bertz CT molecular complexity index is 468. The fourth-order valence-corrected chi connectivity index (χ4v) is 2.39. The van der Waals surface area contributed by atoms with E-state index in [2.05, 4.69) is 4.72 Å². The molecular formula is C11H17NO3S. The van der Waals surface area contributed by atoms with E-state index < -0.39 is 15.3 Å². The molecule has 0 fully saturated rings. The van der Waals surface area contributed by atoms with Crippen LogP contribution in [0.15, 0.2) is 18.2 Å². The fraction of sp³-hybridized carbons (Fsp3) is 0.455. The van der Waals surface area contributed by atoms with E-state index in [1.54, 1.807) is 13.0 Å². The zero-order valence-electron chi connectivity index (χ0n) is 9.94. The first kappa shape index (κ1) is 13.0. The molecule has 5 heteroatoms. The summed E-state index contributed by atoms with van der Waals surface area (Å²) >= 11 is 0. The normalized spacial score (nSPS) is 13.5. The van der Waals surface area contributed by atoms with Crippen LogP contribution in [-0.2, 0) is 10.0 Å². The molecule has 0 radical (unpaired) electrons. The van der Waals surface area contributed by atoms with Crippen LogP contribution in [0.5, 0.6) is 5.75 Å². The molecule has 16 heavy (non-hydrogen) atoms. The number of nitrogens with one attached hydrogen (secondary N) is 1. The van der Waals surface area contributed by atoms with Gasteiger partial charge in [-0.05, 0) is 27.0 Å². The number of aryl methyl sites for hydroxylation is 1. The van der Waals surface area contributed by atoms with Crippen LogP contribution < -0.4 is 9.46 Å². The molecule has 0 spiro atoms. The Morgan fingerprint density at radius 3 is 2.50 bits per heavy atom. The maximum atomic E-state index is 11.7. The van der Waals surface area contributed by atoms with E-state index in [1.165, 1.54) is 14.2 Å². The SMILES string of the molecule is CNS(=O)(=O)C(C)c1cc(C)ccc1OC. The van der Waals surface area contributed by atoms with Crippen molar-refractivity contribution in [2.45, 2.75) is 19.1 Å². The Hall–Kier alpha value is -1.07. The highest BCUT2D eigenvalue weighted by Crippen LogP contribution is 2.30. The van der Waals surface area contributed by atoms with Crippen LogP contribution in [0.1, 0.15) is 23.3 Å². The number of rotatable bonds is 4. The van der Waals surface area contributed by atoms with Crippen LogP contribution >= 0.6 is 0 Å². The predicted molar refractivity (Wildman–Crippen MR) is 64.1 cm³/mol. The average molecular weight is 243 g/mol. The monoisotopic (exact) mass is 243 g/mol. The Labute approximate surface area is 96.7 Å². The summed E-state index contributed by atoms with van der Waals surface area (Å²) in [6.45, 7) is 3.56. The Morgan fingerprint density at radius 2 is 2.00 bits per heavy atom. The van der Waals surface area contributed by atoms with Crippen molar-refractivity contribution in [3.8, 4) is 5.75 Å². The van der Waals surface area contributed by atoms with Gasteiger partial charge in [-0.2, -0.15) is 0 Å². The summed E-state index contributed by atoms with van der Waals surface area (Å²) in [7, 11) is -0.385. The number of methoxy groups -OCH3 is 1. The van der Waals surface area contributed by atoms with Gasteiger partial charge in [0, 0.05) is 5.56 Å². The van der Waals surface area contributed by atoms with Gasteiger partial charge in [0.2, 0.25) is 10.0 Å². The molecule has 1 aromatic rings. The second kappa shape index (κ2) is 4.84. The van der Waals surface area contributed by atoms with E-state index in [9.17, 15) is 8.42 Å². The number of benzene rings is 1. The van der Waals surface area contributed by atoms with Gasteiger partial charge in [0.05, 0.1) is 7.11 Å². The first-order valence-electron chi connectivity index (χ1n) is 4.99. The lowest BCUT2D eigenvalue weighted by molar-refractivity contribution is 0.409. The molecule has 1 aromatic carbocycles. The van der Waals surface area contributed by atoms with E-state index in [0.29, 0.717) is 11.3 Å². The number of hydrogen-bond acceptors (Lipinski definition) is 3. The molecule has 0 aromatic heterocycles. The minimum absolute atomic E-state index is 0.594. The largest absolute Gasteiger partial charge is 0.496 e. The highest BCUT2D eigenvalue weighted by atomic mass is 32.2. The van der Waals surface area contributed by atoms with E-state index in [0.717, 1.165) is 5.56 Å². The van der Waals surface area contributed by atoms with Gasteiger partial charge in [0.15, 0.2) is 0 Å². The Kier molecular flexibility index (Phi) is 3.93. The molecule has 0 saturated heterocycles. The molecule has 90 valence electrons. The van der Waals surface area contributed by atoms with Gasteiger partial charge in [0.25, 0.3) is 0 Å². The number of sulfonamides is 1. The molecule has 0 bridgehead atoms. The van der Waals surface area contributed by atoms with Gasteiger partial charge in [0.1, 0.15) is 11.0 Å². The van der Waals surface area contributed by atoms with Gasteiger partial charge in [-0.15, -0.1) is 0 Å². The molecule has 0 amide bonds. The van der Waals surface area contributed by atoms with Gasteiger partial charge in [-0.1, -0.05) is 17.7 Å². The van der Waals surface area contributed by atoms with Crippen molar-refractivity contribution in [3.05, 3.63) is 29.3 Å². The lowest BCUT2D eigenvalue weighted by atomic mass is 10.1. The minimum Gasteiger partial charge on any atom is -0.496 e. The summed E-state index contributed by atoms with van der Waals surface area (Å²) in [6, 6.07) is 5.51. The van der Waals surface area contributed by atoms with Gasteiger partial charge in [-0.3, -0.25) is 0 Å². The summed E-state index contributed by atoms with van der Waals surface area (Å²) in [5.41, 5.74) is 1.69. The van der Waals surface area contributed by atoms with Gasteiger partial charge < -0.3 is 4.74 Å². The van der Waals surface area contributed by atoms with Crippen LogP contribution in [0.3, 0.4) is 0 Å². The molecule has 0 saturated carbocycles. The predicted octanol–water partition coefficient (Wildman–Crippen LogP) is 1.61. The summed E-state index contributed by atoms with van der Waals surface area (Å²) in [5, 5.41) is -0.632. The fourth-order valence-electron chi connectivity index (χ4n) is 1.52. The number of ether oxygens (including phenoxy) is 1. The lowest BCUT2D eigenvalue weighted by Crippen LogP contribution is -2.24. The molecule has 1 unspecified atom stereocenters. The highest BCUT2D eigenvalue weighted by molar-refractivity contribution is 7.89. The van der Waals surface area contributed by atoms with Crippen molar-refractivity contribution in [3.63, 3.8) is 0 Å². The highest BCUT2D eigenvalue weighted by Gasteiger charge is 2.23. The molecule has 1 atom stereocenters. The maximum absolute atomic E-state index is 11.7. The Balaban J connectivity index is 3.27. The molecule has 0 aliphatic heterocycles. The molecule has 0 aliphatic rings. The third-order valence-corrected chi connectivity index (χ3v) is 4.33. The smallest absolute Gasteiger partial charge is 0.218 e. The maximum Gasteiger partial charge on any atom is 0.218 e. The van der Waals surface area contributed by atoms with E-state index >= 15 is 0 Å². The molecule has 1 N–H and O–H groups in total. The van der Waals surface area contributed by atoms with Crippen molar-refractivity contribution >= 4 is 10.0 Å². The van der Waals surface area contributed by atoms with E-state index in [1.807, 2.05) is 19.1 Å². The zero-order valence-corrected chi connectivity index (χ0v) is 10.8. The van der Waals surface area contributed by atoms with Crippen molar-refractivity contribution in [2.24, 2.45) is 0 Å². The van der Waals surface area contributed by atoms with Crippen LogP contribution in [0, 0.1) is 6.92 Å². The summed E-state index contributed by atoms with van der Waals surface area (Å²) in [6.07, 6.45) is 0. The standard InChI is InChI=1S/C11H17NO3S/c1-8-5-6-11(15-4)10(7-8)9(2)16(13,14)12-3/h5-7,9,12H,1-4H3. The third-order valence-electron chi connectivity index (χ3n) is 2.57. The topological polar surface area (TPSA) is 55.4 Å². The molecular weight excluding hydrogens is 226 g/mol.